The van der Waals surface area contributed by atoms with Crippen LogP contribution in [-0.4, -0.2) is 16.0 Å². The van der Waals surface area contributed by atoms with E-state index in [1.807, 2.05) is 12.1 Å². The summed E-state index contributed by atoms with van der Waals surface area (Å²) in [6.07, 6.45) is 1.59. The largest absolute Gasteiger partial charge is 0.487 e. The smallest absolute Gasteiger partial charge is 0.293 e. The highest BCUT2D eigenvalue weighted by Gasteiger charge is 2.35. The van der Waals surface area contributed by atoms with Crippen LogP contribution < -0.4 is 4.74 Å². The molecule has 1 fully saturated rings. The molecule has 0 bridgehead atoms. The quantitative estimate of drug-likeness (QED) is 0.396. The summed E-state index contributed by atoms with van der Waals surface area (Å²) in [6, 6.07) is 19.9. The first-order chi connectivity index (χ1) is 15.9. The van der Waals surface area contributed by atoms with Crippen LogP contribution in [0, 0.1) is 17.1 Å². The topological polar surface area (TPSA) is 70.4 Å². The highest BCUT2D eigenvalue weighted by molar-refractivity contribution is 8.18. The molecule has 1 aliphatic heterocycles. The summed E-state index contributed by atoms with van der Waals surface area (Å²) >= 11 is 7.19. The summed E-state index contributed by atoms with van der Waals surface area (Å²) in [7, 11) is 0. The second-order valence-electron chi connectivity index (χ2n) is 7.14. The van der Waals surface area contributed by atoms with Gasteiger partial charge in [0.25, 0.3) is 11.1 Å². The molecule has 4 rings (SSSR count). The molecule has 2 amide bonds. The molecule has 5 nitrogen and oxygen atoms in total. The molecule has 1 heterocycles. The predicted octanol–water partition coefficient (Wildman–Crippen LogP) is 6.17. The number of rotatable bonds is 6. The fourth-order valence-corrected chi connectivity index (χ4v) is 4.28. The lowest BCUT2D eigenvalue weighted by molar-refractivity contribution is -0.123. The minimum absolute atomic E-state index is 0.0694. The number of carbonyl (C=O) groups is 2. The Morgan fingerprint density at radius 3 is 2.58 bits per heavy atom. The molecule has 0 N–H and O–H groups in total. The van der Waals surface area contributed by atoms with Crippen molar-refractivity contribution in [3.63, 3.8) is 0 Å². The molecule has 3 aromatic rings. The van der Waals surface area contributed by atoms with Gasteiger partial charge in [0.2, 0.25) is 0 Å². The van der Waals surface area contributed by atoms with Crippen LogP contribution in [0.25, 0.3) is 6.08 Å². The average Bonchev–Trinajstić information content (AvgIpc) is 3.07. The highest BCUT2D eigenvalue weighted by Crippen LogP contribution is 2.35. The van der Waals surface area contributed by atoms with Crippen LogP contribution in [0.3, 0.4) is 0 Å². The van der Waals surface area contributed by atoms with Gasteiger partial charge >= 0.3 is 0 Å². The molecule has 0 unspecified atom stereocenters. The van der Waals surface area contributed by atoms with Gasteiger partial charge in [-0.25, -0.2) is 4.39 Å². The fraction of sp³-hybridized carbons (Fsp3) is 0.0800. The van der Waals surface area contributed by atoms with E-state index in [1.54, 1.807) is 36.4 Å². The summed E-state index contributed by atoms with van der Waals surface area (Å²) in [5.41, 5.74) is 2.57. The van der Waals surface area contributed by atoms with Crippen LogP contribution in [0.4, 0.5) is 9.18 Å². The molecular formula is C25H16ClFN2O3S. The Morgan fingerprint density at radius 2 is 1.85 bits per heavy atom. The van der Waals surface area contributed by atoms with Crippen molar-refractivity contribution in [1.82, 2.24) is 4.90 Å². The summed E-state index contributed by atoms with van der Waals surface area (Å²) < 4.78 is 18.8. The van der Waals surface area contributed by atoms with Gasteiger partial charge in [0, 0.05) is 5.56 Å². The number of imide groups is 1. The Bertz CT molecular complexity index is 1300. The van der Waals surface area contributed by atoms with Gasteiger partial charge in [0.05, 0.1) is 28.1 Å². The maximum absolute atomic E-state index is 13.1. The van der Waals surface area contributed by atoms with Crippen LogP contribution in [-0.2, 0) is 17.9 Å². The highest BCUT2D eigenvalue weighted by atomic mass is 35.5. The number of ether oxygens (including phenoxy) is 1. The summed E-state index contributed by atoms with van der Waals surface area (Å²) in [5.74, 6) is -0.365. The van der Waals surface area contributed by atoms with Gasteiger partial charge in [-0.2, -0.15) is 5.26 Å². The first-order valence-corrected chi connectivity index (χ1v) is 11.0. The first kappa shape index (κ1) is 22.6. The second-order valence-corrected chi connectivity index (χ2v) is 8.54. The van der Waals surface area contributed by atoms with E-state index in [-0.39, 0.29) is 23.9 Å². The number of amides is 2. The van der Waals surface area contributed by atoms with Crippen molar-refractivity contribution in [2.75, 3.05) is 0 Å². The Hall–Kier alpha value is -3.60. The van der Waals surface area contributed by atoms with Gasteiger partial charge in [-0.15, -0.1) is 0 Å². The van der Waals surface area contributed by atoms with Crippen molar-refractivity contribution in [3.8, 4) is 11.8 Å². The Kier molecular flexibility index (Phi) is 6.78. The van der Waals surface area contributed by atoms with Crippen LogP contribution in [0.15, 0.2) is 71.6 Å². The summed E-state index contributed by atoms with van der Waals surface area (Å²) in [6.45, 7) is 0.255. The van der Waals surface area contributed by atoms with E-state index in [1.165, 1.54) is 24.3 Å². The molecule has 0 atom stereocenters. The van der Waals surface area contributed by atoms with Gasteiger partial charge in [-0.3, -0.25) is 14.5 Å². The maximum atomic E-state index is 13.1. The predicted molar refractivity (Wildman–Crippen MR) is 125 cm³/mol. The van der Waals surface area contributed by atoms with Crippen LogP contribution in [0.2, 0.25) is 5.02 Å². The van der Waals surface area contributed by atoms with Gasteiger partial charge in [0.1, 0.15) is 18.2 Å². The molecular weight excluding hydrogens is 463 g/mol. The van der Waals surface area contributed by atoms with Crippen molar-refractivity contribution < 1.29 is 18.7 Å². The van der Waals surface area contributed by atoms with E-state index in [9.17, 15) is 19.2 Å². The number of nitriles is 1. The standard InChI is InChI=1S/C25H16ClFN2O3S/c26-21-11-17(7-10-22(21)32-15-19-4-2-1-3-18(19)13-28)12-23-24(30)29(25(31)33-23)14-16-5-8-20(27)9-6-16/h1-12H,14-15H2/b23-12+. The van der Waals surface area contributed by atoms with Gasteiger partial charge in [-0.05, 0) is 59.3 Å². The first-order valence-electron chi connectivity index (χ1n) is 9.85. The number of nitrogens with zero attached hydrogens (tertiary/aromatic N) is 2. The van der Waals surface area contributed by atoms with Crippen molar-refractivity contribution in [1.29, 1.82) is 5.26 Å². The molecule has 1 saturated heterocycles. The van der Waals surface area contributed by atoms with Crippen LogP contribution >= 0.6 is 23.4 Å². The second kappa shape index (κ2) is 9.90. The molecule has 164 valence electrons. The lowest BCUT2D eigenvalue weighted by Gasteiger charge is -2.12. The molecule has 1 aliphatic rings. The number of benzene rings is 3. The van der Waals surface area contributed by atoms with Gasteiger partial charge in [-0.1, -0.05) is 48.0 Å². The van der Waals surface area contributed by atoms with Crippen molar-refractivity contribution in [2.24, 2.45) is 0 Å². The Labute approximate surface area is 199 Å². The monoisotopic (exact) mass is 478 g/mol. The SMILES string of the molecule is N#Cc1ccccc1COc1ccc(/C=C2/SC(=O)N(Cc3ccc(F)cc3)C2=O)cc1Cl. The number of carbonyl (C=O) groups excluding carboxylic acids is 2. The Morgan fingerprint density at radius 1 is 1.09 bits per heavy atom. The zero-order valence-corrected chi connectivity index (χ0v) is 18.7. The van der Waals surface area contributed by atoms with E-state index in [0.717, 1.165) is 22.2 Å². The number of hydrogen-bond donors (Lipinski definition) is 0. The van der Waals surface area contributed by atoms with Crippen molar-refractivity contribution >= 4 is 40.6 Å². The lowest BCUT2D eigenvalue weighted by atomic mass is 10.1. The molecule has 33 heavy (non-hydrogen) atoms. The van der Waals surface area contributed by atoms with E-state index in [0.29, 0.717) is 27.5 Å². The van der Waals surface area contributed by atoms with Crippen LogP contribution in [0.1, 0.15) is 22.3 Å². The third kappa shape index (κ3) is 5.25. The summed E-state index contributed by atoms with van der Waals surface area (Å²) in [4.78, 5) is 26.4. The zero-order chi connectivity index (χ0) is 23.4. The normalized spacial score (nSPS) is 14.6. The van der Waals surface area contributed by atoms with Crippen LogP contribution in [0.5, 0.6) is 5.75 Å². The van der Waals surface area contributed by atoms with E-state index < -0.39 is 11.1 Å². The molecule has 0 spiro atoms. The van der Waals surface area contributed by atoms with Crippen molar-refractivity contribution in [2.45, 2.75) is 13.2 Å². The molecule has 0 radical (unpaired) electrons. The third-order valence-electron chi connectivity index (χ3n) is 4.90. The summed E-state index contributed by atoms with van der Waals surface area (Å²) in [5, 5.41) is 9.13. The molecule has 0 aromatic heterocycles. The number of thioether (sulfide) groups is 1. The number of halogens is 2. The van der Waals surface area contributed by atoms with Gasteiger partial charge < -0.3 is 4.74 Å². The minimum atomic E-state index is -0.418. The minimum Gasteiger partial charge on any atom is -0.487 e. The zero-order valence-electron chi connectivity index (χ0n) is 17.1. The maximum Gasteiger partial charge on any atom is 0.293 e. The number of hydrogen-bond acceptors (Lipinski definition) is 5. The molecule has 0 aliphatic carbocycles. The van der Waals surface area contributed by atoms with E-state index in [4.69, 9.17) is 16.3 Å². The van der Waals surface area contributed by atoms with Gasteiger partial charge in [0.15, 0.2) is 0 Å². The molecule has 0 saturated carbocycles. The third-order valence-corrected chi connectivity index (χ3v) is 6.10. The van der Waals surface area contributed by atoms with Crippen molar-refractivity contribution in [3.05, 3.63) is 105 Å². The molecule has 3 aromatic carbocycles. The Balaban J connectivity index is 1.46. The van der Waals surface area contributed by atoms with E-state index in [2.05, 4.69) is 6.07 Å². The average molecular weight is 479 g/mol. The van der Waals surface area contributed by atoms with E-state index >= 15 is 0 Å². The lowest BCUT2D eigenvalue weighted by Crippen LogP contribution is -2.27. The molecule has 8 heteroatoms. The fourth-order valence-electron chi connectivity index (χ4n) is 3.19.